The molecule has 1 aromatic rings. The van der Waals surface area contributed by atoms with Gasteiger partial charge in [0.05, 0.1) is 0 Å². The second-order valence-corrected chi connectivity index (χ2v) is 6.45. The third-order valence-electron chi connectivity index (χ3n) is 3.01. The monoisotopic (exact) mass is 265 g/mol. The Kier molecular flexibility index (Phi) is 8.19. The summed E-state index contributed by atoms with van der Waals surface area (Å²) in [5, 5.41) is 4.23. The van der Waals surface area contributed by atoms with Gasteiger partial charge in [0.1, 0.15) is 0 Å². The minimum Gasteiger partial charge on any atom is -0.316 e. The molecule has 0 heterocycles. The molecule has 0 aromatic heterocycles. The molecule has 102 valence electrons. The lowest BCUT2D eigenvalue weighted by atomic mass is 10.2. The van der Waals surface area contributed by atoms with E-state index in [4.69, 9.17) is 0 Å². The Morgan fingerprint density at radius 3 is 2.83 bits per heavy atom. The molecule has 0 aliphatic carbocycles. The molecule has 0 spiro atoms. The van der Waals surface area contributed by atoms with Crippen LogP contribution in [0.15, 0.2) is 24.3 Å². The summed E-state index contributed by atoms with van der Waals surface area (Å²) < 4.78 is 0. The van der Waals surface area contributed by atoms with E-state index in [2.05, 4.69) is 50.4 Å². The van der Waals surface area contributed by atoms with E-state index in [1.54, 1.807) is 0 Å². The minimum atomic E-state index is 0.687. The first-order valence-electron chi connectivity index (χ1n) is 7.10. The first-order valence-corrected chi connectivity index (χ1v) is 8.15. The van der Waals surface area contributed by atoms with Crippen molar-refractivity contribution in [2.24, 2.45) is 0 Å². The van der Waals surface area contributed by atoms with Crippen molar-refractivity contribution in [2.75, 3.05) is 13.1 Å². The van der Waals surface area contributed by atoms with Crippen molar-refractivity contribution in [1.82, 2.24) is 5.32 Å². The minimum absolute atomic E-state index is 0.687. The molecule has 0 radical (unpaired) electrons. The van der Waals surface area contributed by atoms with Crippen LogP contribution < -0.4 is 5.32 Å². The van der Waals surface area contributed by atoms with E-state index in [1.807, 2.05) is 11.8 Å². The molecule has 0 aliphatic heterocycles. The third kappa shape index (κ3) is 7.07. The standard InChI is InChI=1S/C16H27NS/c1-4-5-6-10-17-12-15(3)18-13-16-9-7-8-14(2)11-16/h7-9,11,15,17H,4-6,10,12-13H2,1-3H3. The predicted octanol–water partition coefficient (Wildman–Crippen LogP) is 4.40. The number of hydrogen-bond donors (Lipinski definition) is 1. The van der Waals surface area contributed by atoms with Crippen molar-refractivity contribution in [3.63, 3.8) is 0 Å². The Hall–Kier alpha value is -0.470. The molecule has 1 rings (SSSR count). The first-order chi connectivity index (χ1) is 8.72. The van der Waals surface area contributed by atoms with Crippen molar-refractivity contribution in [2.45, 2.75) is 51.0 Å². The molecule has 1 atom stereocenters. The number of hydrogen-bond acceptors (Lipinski definition) is 2. The van der Waals surface area contributed by atoms with E-state index in [1.165, 1.54) is 36.9 Å². The molecule has 1 nitrogen and oxygen atoms in total. The van der Waals surface area contributed by atoms with Crippen molar-refractivity contribution < 1.29 is 0 Å². The van der Waals surface area contributed by atoms with Crippen molar-refractivity contribution in [3.8, 4) is 0 Å². The number of rotatable bonds is 9. The van der Waals surface area contributed by atoms with E-state index >= 15 is 0 Å². The number of thioether (sulfide) groups is 1. The molecule has 0 saturated heterocycles. The summed E-state index contributed by atoms with van der Waals surface area (Å²) in [6.45, 7) is 9.02. The number of unbranched alkanes of at least 4 members (excludes halogenated alkanes) is 2. The van der Waals surface area contributed by atoms with Gasteiger partial charge in [-0.2, -0.15) is 11.8 Å². The maximum Gasteiger partial charge on any atom is 0.0187 e. The summed E-state index contributed by atoms with van der Waals surface area (Å²) in [7, 11) is 0. The lowest BCUT2D eigenvalue weighted by Gasteiger charge is -2.12. The smallest absolute Gasteiger partial charge is 0.0187 e. The highest BCUT2D eigenvalue weighted by molar-refractivity contribution is 7.99. The van der Waals surface area contributed by atoms with Gasteiger partial charge < -0.3 is 5.32 Å². The average Bonchev–Trinajstić information content (AvgIpc) is 2.36. The molecular weight excluding hydrogens is 238 g/mol. The van der Waals surface area contributed by atoms with Crippen LogP contribution in [-0.4, -0.2) is 18.3 Å². The summed E-state index contributed by atoms with van der Waals surface area (Å²) in [6, 6.07) is 8.82. The molecule has 1 aromatic carbocycles. The van der Waals surface area contributed by atoms with Crippen LogP contribution in [0.3, 0.4) is 0 Å². The van der Waals surface area contributed by atoms with Gasteiger partial charge in [0.15, 0.2) is 0 Å². The van der Waals surface area contributed by atoms with Crippen molar-refractivity contribution in [3.05, 3.63) is 35.4 Å². The maximum absolute atomic E-state index is 3.55. The van der Waals surface area contributed by atoms with E-state index in [-0.39, 0.29) is 0 Å². The molecule has 18 heavy (non-hydrogen) atoms. The van der Waals surface area contributed by atoms with Crippen LogP contribution in [0.2, 0.25) is 0 Å². The normalized spacial score (nSPS) is 12.6. The SMILES string of the molecule is CCCCCNCC(C)SCc1cccc(C)c1. The highest BCUT2D eigenvalue weighted by Crippen LogP contribution is 2.17. The first kappa shape index (κ1) is 15.6. The van der Waals surface area contributed by atoms with Gasteiger partial charge in [-0.05, 0) is 25.5 Å². The van der Waals surface area contributed by atoms with Crippen LogP contribution in [0.1, 0.15) is 44.2 Å². The van der Waals surface area contributed by atoms with Gasteiger partial charge in [0, 0.05) is 17.5 Å². The van der Waals surface area contributed by atoms with Crippen molar-refractivity contribution >= 4 is 11.8 Å². The van der Waals surface area contributed by atoms with Gasteiger partial charge in [-0.15, -0.1) is 0 Å². The topological polar surface area (TPSA) is 12.0 Å². The fraction of sp³-hybridized carbons (Fsp3) is 0.625. The molecule has 1 unspecified atom stereocenters. The number of aryl methyl sites for hydroxylation is 1. The van der Waals surface area contributed by atoms with Crippen LogP contribution >= 0.6 is 11.8 Å². The molecule has 1 N–H and O–H groups in total. The second-order valence-electron chi connectivity index (χ2n) is 5.02. The van der Waals surface area contributed by atoms with E-state index in [0.29, 0.717) is 5.25 Å². The van der Waals surface area contributed by atoms with Gasteiger partial charge in [-0.1, -0.05) is 56.5 Å². The van der Waals surface area contributed by atoms with Crippen LogP contribution in [0.5, 0.6) is 0 Å². The molecule has 0 bridgehead atoms. The molecule has 0 aliphatic rings. The lowest BCUT2D eigenvalue weighted by molar-refractivity contribution is 0.615. The second kappa shape index (κ2) is 9.46. The average molecular weight is 265 g/mol. The summed E-state index contributed by atoms with van der Waals surface area (Å²) in [5.41, 5.74) is 2.80. The van der Waals surface area contributed by atoms with Gasteiger partial charge in [0.2, 0.25) is 0 Å². The highest BCUT2D eigenvalue weighted by Gasteiger charge is 2.02. The largest absolute Gasteiger partial charge is 0.316 e. The zero-order chi connectivity index (χ0) is 13.2. The summed E-state index contributed by atoms with van der Waals surface area (Å²) in [6.07, 6.45) is 3.96. The number of nitrogens with one attached hydrogen (secondary N) is 1. The number of benzene rings is 1. The summed E-state index contributed by atoms with van der Waals surface area (Å²) in [4.78, 5) is 0. The van der Waals surface area contributed by atoms with E-state index in [0.717, 1.165) is 12.3 Å². The quantitative estimate of drug-likeness (QED) is 0.664. The van der Waals surface area contributed by atoms with Gasteiger partial charge in [-0.25, -0.2) is 0 Å². The predicted molar refractivity (Wildman–Crippen MR) is 84.3 cm³/mol. The summed E-state index contributed by atoms with van der Waals surface area (Å²) in [5.74, 6) is 1.12. The highest BCUT2D eigenvalue weighted by atomic mass is 32.2. The molecule has 2 heteroatoms. The lowest BCUT2D eigenvalue weighted by Crippen LogP contribution is -2.23. The molecule has 0 fully saturated rings. The Morgan fingerprint density at radius 2 is 2.11 bits per heavy atom. The maximum atomic E-state index is 3.55. The third-order valence-corrected chi connectivity index (χ3v) is 4.24. The van der Waals surface area contributed by atoms with Gasteiger partial charge >= 0.3 is 0 Å². The Labute approximate surface area is 117 Å². The van der Waals surface area contributed by atoms with Crippen LogP contribution in [0.25, 0.3) is 0 Å². The fourth-order valence-electron chi connectivity index (χ4n) is 1.90. The van der Waals surface area contributed by atoms with Crippen LogP contribution in [-0.2, 0) is 5.75 Å². The van der Waals surface area contributed by atoms with E-state index in [9.17, 15) is 0 Å². The van der Waals surface area contributed by atoms with Crippen molar-refractivity contribution in [1.29, 1.82) is 0 Å². The molecular formula is C16H27NS. The zero-order valence-corrected chi connectivity index (χ0v) is 12.9. The fourth-order valence-corrected chi connectivity index (χ4v) is 2.80. The van der Waals surface area contributed by atoms with Crippen LogP contribution in [0.4, 0.5) is 0 Å². The Balaban J connectivity index is 2.11. The summed E-state index contributed by atoms with van der Waals surface area (Å²) >= 11 is 2.04. The van der Waals surface area contributed by atoms with Gasteiger partial charge in [0.25, 0.3) is 0 Å². The Bertz CT molecular complexity index is 325. The molecule has 0 amide bonds. The van der Waals surface area contributed by atoms with E-state index < -0.39 is 0 Å². The Morgan fingerprint density at radius 1 is 1.28 bits per heavy atom. The zero-order valence-electron chi connectivity index (χ0n) is 12.0. The molecule has 0 saturated carbocycles. The van der Waals surface area contributed by atoms with Gasteiger partial charge in [-0.3, -0.25) is 0 Å². The van der Waals surface area contributed by atoms with Crippen LogP contribution in [0, 0.1) is 6.92 Å².